The first-order valence-electron chi connectivity index (χ1n) is 6.92. The minimum atomic E-state index is -0.441. The lowest BCUT2D eigenvalue weighted by Gasteiger charge is -2.41. The monoisotopic (exact) mass is 292 g/mol. The number of morpholine rings is 1. The van der Waals surface area contributed by atoms with Crippen LogP contribution in [0.25, 0.3) is 0 Å². The molecule has 2 rings (SSSR count). The number of nitro groups is 1. The SMILES string of the molecule is Cc1cc(C(=O)N2CC(C)OC(C)(C)C2)ccc1[N+](=O)[O-]. The lowest BCUT2D eigenvalue weighted by molar-refractivity contribution is -0.385. The summed E-state index contributed by atoms with van der Waals surface area (Å²) < 4.78 is 5.78. The summed E-state index contributed by atoms with van der Waals surface area (Å²) in [4.78, 5) is 24.7. The van der Waals surface area contributed by atoms with Gasteiger partial charge >= 0.3 is 0 Å². The number of hydrogen-bond acceptors (Lipinski definition) is 4. The van der Waals surface area contributed by atoms with Crippen LogP contribution in [0.5, 0.6) is 0 Å². The number of carbonyl (C=O) groups is 1. The summed E-state index contributed by atoms with van der Waals surface area (Å²) in [5, 5.41) is 10.8. The molecule has 0 radical (unpaired) electrons. The molecule has 1 aliphatic heterocycles. The highest BCUT2D eigenvalue weighted by molar-refractivity contribution is 5.94. The normalized spacial score (nSPS) is 21.1. The van der Waals surface area contributed by atoms with Gasteiger partial charge in [0, 0.05) is 30.3 Å². The minimum absolute atomic E-state index is 0.0298. The van der Waals surface area contributed by atoms with Gasteiger partial charge in [0.05, 0.1) is 16.6 Å². The van der Waals surface area contributed by atoms with Crippen molar-refractivity contribution in [1.29, 1.82) is 0 Å². The molecule has 0 saturated carbocycles. The van der Waals surface area contributed by atoms with Gasteiger partial charge in [0.25, 0.3) is 11.6 Å². The maximum absolute atomic E-state index is 12.6. The molecule has 0 aromatic heterocycles. The molecule has 6 heteroatoms. The van der Waals surface area contributed by atoms with Crippen molar-refractivity contribution in [3.05, 3.63) is 39.4 Å². The standard InChI is InChI=1S/C15H20N2O4/c1-10-7-12(5-6-13(10)17(19)20)14(18)16-8-11(2)21-15(3,4)9-16/h5-7,11H,8-9H2,1-4H3. The van der Waals surface area contributed by atoms with E-state index in [1.807, 2.05) is 20.8 Å². The maximum atomic E-state index is 12.6. The molecule has 1 amide bonds. The van der Waals surface area contributed by atoms with E-state index >= 15 is 0 Å². The van der Waals surface area contributed by atoms with Gasteiger partial charge in [0.2, 0.25) is 0 Å². The van der Waals surface area contributed by atoms with E-state index in [0.29, 0.717) is 24.2 Å². The molecule has 6 nitrogen and oxygen atoms in total. The van der Waals surface area contributed by atoms with Crippen LogP contribution >= 0.6 is 0 Å². The van der Waals surface area contributed by atoms with Crippen LogP contribution in [-0.2, 0) is 4.74 Å². The van der Waals surface area contributed by atoms with Crippen molar-refractivity contribution in [2.24, 2.45) is 0 Å². The number of amides is 1. The van der Waals surface area contributed by atoms with Gasteiger partial charge < -0.3 is 9.64 Å². The number of nitro benzene ring substituents is 1. The molecule has 1 saturated heterocycles. The quantitative estimate of drug-likeness (QED) is 0.620. The highest BCUT2D eigenvalue weighted by Gasteiger charge is 2.34. The molecule has 0 spiro atoms. The zero-order chi connectivity index (χ0) is 15.8. The first kappa shape index (κ1) is 15.4. The zero-order valence-electron chi connectivity index (χ0n) is 12.8. The summed E-state index contributed by atoms with van der Waals surface area (Å²) in [7, 11) is 0. The Kier molecular flexibility index (Phi) is 4.00. The van der Waals surface area contributed by atoms with Gasteiger partial charge in [-0.15, -0.1) is 0 Å². The molecule has 1 aliphatic rings. The molecule has 1 heterocycles. The Bertz CT molecular complexity index is 583. The van der Waals surface area contributed by atoms with E-state index in [0.717, 1.165) is 0 Å². The number of ether oxygens (including phenoxy) is 1. The Morgan fingerprint density at radius 1 is 1.48 bits per heavy atom. The van der Waals surface area contributed by atoms with Crippen molar-refractivity contribution in [2.45, 2.75) is 39.4 Å². The number of aryl methyl sites for hydroxylation is 1. The molecular weight excluding hydrogens is 272 g/mol. The number of nitrogens with zero attached hydrogens (tertiary/aromatic N) is 2. The van der Waals surface area contributed by atoms with Crippen LogP contribution in [0.15, 0.2) is 18.2 Å². The zero-order valence-corrected chi connectivity index (χ0v) is 12.8. The highest BCUT2D eigenvalue weighted by Crippen LogP contribution is 2.24. The fourth-order valence-electron chi connectivity index (χ4n) is 2.78. The van der Waals surface area contributed by atoms with Crippen molar-refractivity contribution in [2.75, 3.05) is 13.1 Å². The van der Waals surface area contributed by atoms with Gasteiger partial charge in [-0.2, -0.15) is 0 Å². The van der Waals surface area contributed by atoms with E-state index in [2.05, 4.69) is 0 Å². The summed E-state index contributed by atoms with van der Waals surface area (Å²) >= 11 is 0. The Morgan fingerprint density at radius 3 is 2.67 bits per heavy atom. The van der Waals surface area contributed by atoms with Crippen molar-refractivity contribution in [3.63, 3.8) is 0 Å². The second kappa shape index (κ2) is 5.44. The second-order valence-corrected chi connectivity index (χ2v) is 6.13. The van der Waals surface area contributed by atoms with E-state index < -0.39 is 4.92 Å². The molecule has 0 N–H and O–H groups in total. The average Bonchev–Trinajstić information content (AvgIpc) is 2.34. The third kappa shape index (κ3) is 3.39. The summed E-state index contributed by atoms with van der Waals surface area (Å²) in [5.74, 6) is -0.115. The predicted molar refractivity (Wildman–Crippen MR) is 78.4 cm³/mol. The molecule has 114 valence electrons. The number of carbonyl (C=O) groups excluding carboxylic acids is 1. The fraction of sp³-hybridized carbons (Fsp3) is 0.533. The van der Waals surface area contributed by atoms with Crippen LogP contribution in [0.2, 0.25) is 0 Å². The maximum Gasteiger partial charge on any atom is 0.272 e. The smallest absolute Gasteiger partial charge is 0.272 e. The van der Waals surface area contributed by atoms with Gasteiger partial charge in [-0.25, -0.2) is 0 Å². The lowest BCUT2D eigenvalue weighted by Crippen LogP contribution is -2.53. The van der Waals surface area contributed by atoms with Crippen LogP contribution < -0.4 is 0 Å². The second-order valence-electron chi connectivity index (χ2n) is 6.13. The Hall–Kier alpha value is -1.95. The summed E-state index contributed by atoms with van der Waals surface area (Å²) in [6, 6.07) is 4.48. The molecular formula is C15H20N2O4. The molecule has 0 aliphatic carbocycles. The first-order valence-corrected chi connectivity index (χ1v) is 6.92. The molecule has 1 aromatic carbocycles. The number of hydrogen-bond donors (Lipinski definition) is 0. The third-order valence-corrected chi connectivity index (χ3v) is 3.50. The van der Waals surface area contributed by atoms with Gasteiger partial charge in [0.1, 0.15) is 0 Å². The molecule has 1 atom stereocenters. The van der Waals surface area contributed by atoms with Crippen molar-refractivity contribution in [1.82, 2.24) is 4.90 Å². The summed E-state index contributed by atoms with van der Waals surface area (Å²) in [6.45, 7) is 8.50. The topological polar surface area (TPSA) is 72.7 Å². The van der Waals surface area contributed by atoms with E-state index in [1.165, 1.54) is 12.1 Å². The number of rotatable bonds is 2. The molecule has 1 fully saturated rings. The van der Waals surface area contributed by atoms with Crippen LogP contribution in [0.4, 0.5) is 5.69 Å². The lowest BCUT2D eigenvalue weighted by atomic mass is 10.0. The van der Waals surface area contributed by atoms with Gasteiger partial charge in [0.15, 0.2) is 0 Å². The Labute approximate surface area is 123 Å². The average molecular weight is 292 g/mol. The van der Waals surface area contributed by atoms with E-state index in [4.69, 9.17) is 4.74 Å². The van der Waals surface area contributed by atoms with Crippen LogP contribution in [-0.4, -0.2) is 40.5 Å². The van der Waals surface area contributed by atoms with E-state index in [1.54, 1.807) is 17.9 Å². The first-order chi connectivity index (χ1) is 9.69. The Balaban J connectivity index is 2.24. The van der Waals surface area contributed by atoms with Gasteiger partial charge in [-0.1, -0.05) is 0 Å². The largest absolute Gasteiger partial charge is 0.369 e. The van der Waals surface area contributed by atoms with E-state index in [-0.39, 0.29) is 23.3 Å². The summed E-state index contributed by atoms with van der Waals surface area (Å²) in [5.41, 5.74) is 0.611. The van der Waals surface area contributed by atoms with Crippen LogP contribution in [0, 0.1) is 17.0 Å². The molecule has 21 heavy (non-hydrogen) atoms. The van der Waals surface area contributed by atoms with Crippen molar-refractivity contribution >= 4 is 11.6 Å². The van der Waals surface area contributed by atoms with Gasteiger partial charge in [-0.05, 0) is 39.8 Å². The minimum Gasteiger partial charge on any atom is -0.369 e. The third-order valence-electron chi connectivity index (χ3n) is 3.50. The molecule has 1 unspecified atom stereocenters. The Morgan fingerprint density at radius 2 is 2.14 bits per heavy atom. The highest BCUT2D eigenvalue weighted by atomic mass is 16.6. The molecule has 0 bridgehead atoms. The summed E-state index contributed by atoms with van der Waals surface area (Å²) in [6.07, 6.45) is -0.0307. The fourth-order valence-corrected chi connectivity index (χ4v) is 2.78. The number of benzene rings is 1. The van der Waals surface area contributed by atoms with Crippen molar-refractivity contribution < 1.29 is 14.5 Å². The molecule has 1 aromatic rings. The van der Waals surface area contributed by atoms with Gasteiger partial charge in [-0.3, -0.25) is 14.9 Å². The van der Waals surface area contributed by atoms with Crippen LogP contribution in [0.3, 0.4) is 0 Å². The van der Waals surface area contributed by atoms with Crippen molar-refractivity contribution in [3.8, 4) is 0 Å². The van der Waals surface area contributed by atoms with E-state index in [9.17, 15) is 14.9 Å². The van der Waals surface area contributed by atoms with Crippen LogP contribution in [0.1, 0.15) is 36.7 Å². The predicted octanol–water partition coefficient (Wildman–Crippen LogP) is 2.54.